The maximum atomic E-state index is 11.8. The van der Waals surface area contributed by atoms with Gasteiger partial charge in [0.25, 0.3) is 0 Å². The molecule has 0 aromatic carbocycles. The molecule has 4 heteroatoms. The lowest BCUT2D eigenvalue weighted by atomic mass is 9.88. The largest absolute Gasteiger partial charge is 0.447 e. The molecule has 78 valence electrons. The van der Waals surface area contributed by atoms with Crippen LogP contribution in [0.25, 0.3) is 0 Å². The Kier molecular flexibility index (Phi) is 2.70. The minimum atomic E-state index is -0.458. The second-order valence-corrected chi connectivity index (χ2v) is 3.94. The van der Waals surface area contributed by atoms with Crippen LogP contribution in [0.1, 0.15) is 32.1 Å². The topological polar surface area (TPSA) is 46.6 Å². The minimum absolute atomic E-state index is 0.0211. The van der Waals surface area contributed by atoms with Gasteiger partial charge in [-0.25, -0.2) is 9.69 Å². The van der Waals surface area contributed by atoms with E-state index in [-0.39, 0.29) is 11.8 Å². The number of hydrogen-bond acceptors (Lipinski definition) is 3. The SMILES string of the molecule is O=C1OCCN1C(=O)C1CCCCC1. The molecule has 0 atom stereocenters. The summed E-state index contributed by atoms with van der Waals surface area (Å²) in [7, 11) is 0. The van der Waals surface area contributed by atoms with Gasteiger partial charge in [-0.2, -0.15) is 0 Å². The van der Waals surface area contributed by atoms with E-state index in [0.29, 0.717) is 13.2 Å². The highest BCUT2D eigenvalue weighted by Gasteiger charge is 2.33. The fraction of sp³-hybridized carbons (Fsp3) is 0.800. The summed E-state index contributed by atoms with van der Waals surface area (Å²) in [6, 6.07) is 0. The number of amides is 2. The normalized spacial score (nSPS) is 23.7. The number of hydrogen-bond donors (Lipinski definition) is 0. The Balaban J connectivity index is 1.96. The van der Waals surface area contributed by atoms with Crippen LogP contribution in [0.3, 0.4) is 0 Å². The predicted molar refractivity (Wildman–Crippen MR) is 49.6 cm³/mol. The second-order valence-electron chi connectivity index (χ2n) is 3.94. The lowest BCUT2D eigenvalue weighted by Gasteiger charge is -2.23. The molecule has 0 N–H and O–H groups in total. The van der Waals surface area contributed by atoms with Crippen LogP contribution in [0, 0.1) is 5.92 Å². The third kappa shape index (κ3) is 1.74. The van der Waals surface area contributed by atoms with Crippen LogP contribution in [-0.4, -0.2) is 30.1 Å². The van der Waals surface area contributed by atoms with E-state index in [4.69, 9.17) is 4.74 Å². The number of nitrogens with zero attached hydrogens (tertiary/aromatic N) is 1. The molecule has 14 heavy (non-hydrogen) atoms. The molecule has 0 unspecified atom stereocenters. The molecule has 4 nitrogen and oxygen atoms in total. The minimum Gasteiger partial charge on any atom is -0.447 e. The summed E-state index contributed by atoms with van der Waals surface area (Å²) in [5, 5.41) is 0. The lowest BCUT2D eigenvalue weighted by Crippen LogP contribution is -2.37. The molecule has 1 aliphatic heterocycles. The number of carbonyl (C=O) groups excluding carboxylic acids is 2. The van der Waals surface area contributed by atoms with Crippen LogP contribution in [0.4, 0.5) is 4.79 Å². The van der Waals surface area contributed by atoms with E-state index >= 15 is 0 Å². The van der Waals surface area contributed by atoms with E-state index < -0.39 is 6.09 Å². The number of imide groups is 1. The van der Waals surface area contributed by atoms with Crippen molar-refractivity contribution in [3.05, 3.63) is 0 Å². The van der Waals surface area contributed by atoms with Gasteiger partial charge in [0.05, 0.1) is 6.54 Å². The van der Waals surface area contributed by atoms with Gasteiger partial charge in [0.2, 0.25) is 5.91 Å². The van der Waals surface area contributed by atoms with E-state index in [9.17, 15) is 9.59 Å². The van der Waals surface area contributed by atoms with Crippen molar-refractivity contribution in [2.45, 2.75) is 32.1 Å². The van der Waals surface area contributed by atoms with Gasteiger partial charge in [-0.3, -0.25) is 4.79 Å². The Morgan fingerprint density at radius 1 is 1.29 bits per heavy atom. The van der Waals surface area contributed by atoms with Crippen molar-refractivity contribution in [3.63, 3.8) is 0 Å². The lowest BCUT2D eigenvalue weighted by molar-refractivity contribution is -0.132. The van der Waals surface area contributed by atoms with Crippen LogP contribution >= 0.6 is 0 Å². The molecule has 1 heterocycles. The highest BCUT2D eigenvalue weighted by Crippen LogP contribution is 2.26. The molecule has 0 bridgehead atoms. The fourth-order valence-corrected chi connectivity index (χ4v) is 2.16. The Morgan fingerprint density at radius 2 is 2.00 bits per heavy atom. The maximum absolute atomic E-state index is 11.8. The van der Waals surface area contributed by atoms with Crippen molar-refractivity contribution >= 4 is 12.0 Å². The van der Waals surface area contributed by atoms with E-state index in [1.54, 1.807) is 0 Å². The van der Waals surface area contributed by atoms with Gasteiger partial charge in [-0.05, 0) is 12.8 Å². The Bertz CT molecular complexity index is 246. The maximum Gasteiger partial charge on any atom is 0.416 e. The molecule has 2 aliphatic rings. The summed E-state index contributed by atoms with van der Waals surface area (Å²) in [5.74, 6) is 0.0431. The number of carbonyl (C=O) groups is 2. The smallest absolute Gasteiger partial charge is 0.416 e. The average molecular weight is 197 g/mol. The van der Waals surface area contributed by atoms with Crippen molar-refractivity contribution in [3.8, 4) is 0 Å². The zero-order valence-electron chi connectivity index (χ0n) is 8.20. The molecule has 0 radical (unpaired) electrons. The summed E-state index contributed by atoms with van der Waals surface area (Å²) in [6.45, 7) is 0.797. The first-order valence-corrected chi connectivity index (χ1v) is 5.27. The number of ether oxygens (including phenoxy) is 1. The van der Waals surface area contributed by atoms with Gasteiger partial charge in [0.1, 0.15) is 6.61 Å². The van der Waals surface area contributed by atoms with Gasteiger partial charge in [0, 0.05) is 5.92 Å². The van der Waals surface area contributed by atoms with Gasteiger partial charge in [-0.1, -0.05) is 19.3 Å². The highest BCUT2D eigenvalue weighted by atomic mass is 16.6. The third-order valence-corrected chi connectivity index (χ3v) is 2.98. The first-order chi connectivity index (χ1) is 6.79. The summed E-state index contributed by atoms with van der Waals surface area (Å²) in [4.78, 5) is 24.2. The average Bonchev–Trinajstić information content (AvgIpc) is 2.65. The van der Waals surface area contributed by atoms with Crippen molar-refractivity contribution in [1.82, 2.24) is 4.90 Å². The van der Waals surface area contributed by atoms with Gasteiger partial charge in [0.15, 0.2) is 0 Å². The molecule has 1 saturated heterocycles. The van der Waals surface area contributed by atoms with E-state index in [1.165, 1.54) is 11.3 Å². The van der Waals surface area contributed by atoms with Crippen LogP contribution in [0.2, 0.25) is 0 Å². The summed E-state index contributed by atoms with van der Waals surface area (Å²) in [5.41, 5.74) is 0. The summed E-state index contributed by atoms with van der Waals surface area (Å²) in [6.07, 6.45) is 4.85. The molecule has 0 spiro atoms. The molecule has 0 aromatic heterocycles. The first kappa shape index (κ1) is 9.49. The van der Waals surface area contributed by atoms with Crippen molar-refractivity contribution < 1.29 is 14.3 Å². The molecule has 1 saturated carbocycles. The standard InChI is InChI=1S/C10H15NO3/c12-9(8-4-2-1-3-5-8)11-6-7-14-10(11)13/h8H,1-7H2. The van der Waals surface area contributed by atoms with E-state index in [2.05, 4.69) is 0 Å². The van der Waals surface area contributed by atoms with Crippen molar-refractivity contribution in [2.75, 3.05) is 13.2 Å². The molecule has 2 amide bonds. The molecular weight excluding hydrogens is 182 g/mol. The molecule has 1 aliphatic carbocycles. The predicted octanol–water partition coefficient (Wildman–Crippen LogP) is 1.55. The Morgan fingerprint density at radius 3 is 2.57 bits per heavy atom. The highest BCUT2D eigenvalue weighted by molar-refractivity contribution is 5.94. The molecule has 0 aromatic rings. The van der Waals surface area contributed by atoms with E-state index in [1.807, 2.05) is 0 Å². The van der Waals surface area contributed by atoms with Crippen LogP contribution in [0.15, 0.2) is 0 Å². The van der Waals surface area contributed by atoms with Crippen LogP contribution in [-0.2, 0) is 9.53 Å². The van der Waals surface area contributed by atoms with E-state index in [0.717, 1.165) is 25.7 Å². The quantitative estimate of drug-likeness (QED) is 0.640. The summed E-state index contributed by atoms with van der Waals surface area (Å²) < 4.78 is 4.74. The molecule has 2 fully saturated rings. The Labute approximate surface area is 83.2 Å². The number of cyclic esters (lactones) is 1. The molecule has 2 rings (SSSR count). The molecular formula is C10H15NO3. The number of rotatable bonds is 1. The van der Waals surface area contributed by atoms with Gasteiger partial charge in [-0.15, -0.1) is 0 Å². The fourth-order valence-electron chi connectivity index (χ4n) is 2.16. The third-order valence-electron chi connectivity index (χ3n) is 2.98. The van der Waals surface area contributed by atoms with Gasteiger partial charge < -0.3 is 4.74 Å². The Hall–Kier alpha value is -1.06. The summed E-state index contributed by atoms with van der Waals surface area (Å²) >= 11 is 0. The second kappa shape index (κ2) is 3.98. The first-order valence-electron chi connectivity index (χ1n) is 5.27. The van der Waals surface area contributed by atoms with Crippen molar-refractivity contribution in [2.24, 2.45) is 5.92 Å². The monoisotopic (exact) mass is 197 g/mol. The zero-order chi connectivity index (χ0) is 9.97. The van der Waals surface area contributed by atoms with Gasteiger partial charge >= 0.3 is 6.09 Å². The van der Waals surface area contributed by atoms with Crippen LogP contribution < -0.4 is 0 Å². The van der Waals surface area contributed by atoms with Crippen LogP contribution in [0.5, 0.6) is 0 Å². The zero-order valence-corrected chi connectivity index (χ0v) is 8.20. The van der Waals surface area contributed by atoms with Crippen molar-refractivity contribution in [1.29, 1.82) is 0 Å².